The number of nitrogens with zero attached hydrogens (tertiary/aromatic N) is 1. The zero-order chi connectivity index (χ0) is 25.5. The first-order valence-electron chi connectivity index (χ1n) is 11.1. The van der Waals surface area contributed by atoms with Crippen LogP contribution in [0.25, 0.3) is 0 Å². The number of hydrogen-bond acceptors (Lipinski definition) is 6. The van der Waals surface area contributed by atoms with Gasteiger partial charge in [0.2, 0.25) is 0 Å². The van der Waals surface area contributed by atoms with Gasteiger partial charge in [-0.25, -0.2) is 0 Å². The summed E-state index contributed by atoms with van der Waals surface area (Å²) in [7, 11) is 1.61. The summed E-state index contributed by atoms with van der Waals surface area (Å²) in [5, 5.41) is 3.55. The van der Waals surface area contributed by atoms with Gasteiger partial charge in [0.05, 0.1) is 24.4 Å². The van der Waals surface area contributed by atoms with Crippen LogP contribution in [-0.4, -0.2) is 45.3 Å². The molecular formula is C26H24Cl2N2O6. The molecule has 3 aromatic carbocycles. The maximum atomic E-state index is 12.6. The average molecular weight is 531 g/mol. The van der Waals surface area contributed by atoms with Crippen molar-refractivity contribution in [3.8, 4) is 23.0 Å². The third-order valence-corrected chi connectivity index (χ3v) is 5.82. The molecule has 0 fully saturated rings. The van der Waals surface area contributed by atoms with Crippen LogP contribution < -0.4 is 29.2 Å². The van der Waals surface area contributed by atoms with E-state index in [0.29, 0.717) is 52.5 Å². The van der Waals surface area contributed by atoms with Gasteiger partial charge in [-0.05, 0) is 67.1 Å². The van der Waals surface area contributed by atoms with Gasteiger partial charge in [-0.1, -0.05) is 23.2 Å². The minimum Gasteiger partial charge on any atom is -0.497 e. The van der Waals surface area contributed by atoms with Crippen LogP contribution in [0, 0.1) is 0 Å². The highest BCUT2D eigenvalue weighted by molar-refractivity contribution is 6.35. The standard InChI is InChI=1S/C26H24Cl2N2O6/c1-33-19-5-7-20(8-6-19)34-12-2-11-30-22-14-18(4-10-24(22)36-16-26(30)32)29-25(31)15-35-23-9-3-17(27)13-21(23)28/h3-10,13-14H,2,11-12,15-16H2,1H3,(H,29,31). The van der Waals surface area contributed by atoms with Gasteiger partial charge >= 0.3 is 0 Å². The van der Waals surface area contributed by atoms with Crippen molar-refractivity contribution in [2.24, 2.45) is 0 Å². The first-order valence-corrected chi connectivity index (χ1v) is 11.9. The van der Waals surface area contributed by atoms with Crippen LogP contribution in [0.3, 0.4) is 0 Å². The summed E-state index contributed by atoms with van der Waals surface area (Å²) in [5.41, 5.74) is 1.08. The Hall–Kier alpha value is -3.62. The minimum absolute atomic E-state index is 0.0479. The van der Waals surface area contributed by atoms with E-state index in [4.69, 9.17) is 42.1 Å². The van der Waals surface area contributed by atoms with Crippen LogP contribution >= 0.6 is 23.2 Å². The lowest BCUT2D eigenvalue weighted by Crippen LogP contribution is -2.39. The Labute approximate surface area is 218 Å². The molecule has 0 saturated heterocycles. The molecule has 0 unspecified atom stereocenters. The molecule has 2 amide bonds. The van der Waals surface area contributed by atoms with Gasteiger partial charge in [0.15, 0.2) is 13.2 Å². The maximum absolute atomic E-state index is 12.6. The zero-order valence-electron chi connectivity index (χ0n) is 19.5. The van der Waals surface area contributed by atoms with Crippen molar-refractivity contribution in [1.29, 1.82) is 0 Å². The second-order valence-corrected chi connectivity index (χ2v) is 8.65. The summed E-state index contributed by atoms with van der Waals surface area (Å²) in [6.07, 6.45) is 0.601. The highest BCUT2D eigenvalue weighted by Gasteiger charge is 2.25. The number of methoxy groups -OCH3 is 1. The molecule has 1 N–H and O–H groups in total. The lowest BCUT2D eigenvalue weighted by Gasteiger charge is -2.30. The molecule has 0 bridgehead atoms. The number of amides is 2. The van der Waals surface area contributed by atoms with Crippen LogP contribution in [0.2, 0.25) is 10.0 Å². The summed E-state index contributed by atoms with van der Waals surface area (Å²) in [4.78, 5) is 26.6. The van der Waals surface area contributed by atoms with E-state index in [1.165, 1.54) is 6.07 Å². The molecular weight excluding hydrogens is 507 g/mol. The lowest BCUT2D eigenvalue weighted by atomic mass is 10.2. The predicted octanol–water partition coefficient (Wildman–Crippen LogP) is 5.21. The second kappa shape index (κ2) is 11.9. The SMILES string of the molecule is COc1ccc(OCCCN2C(=O)COc3ccc(NC(=O)COc4ccc(Cl)cc4Cl)cc32)cc1. The topological polar surface area (TPSA) is 86.3 Å². The van der Waals surface area contributed by atoms with Crippen molar-refractivity contribution in [2.75, 3.05) is 43.7 Å². The van der Waals surface area contributed by atoms with Gasteiger partial charge in [-0.3, -0.25) is 9.59 Å². The molecule has 188 valence electrons. The fraction of sp³-hybridized carbons (Fsp3) is 0.231. The van der Waals surface area contributed by atoms with Gasteiger partial charge in [0.1, 0.15) is 23.0 Å². The van der Waals surface area contributed by atoms with Gasteiger partial charge in [0, 0.05) is 17.3 Å². The van der Waals surface area contributed by atoms with E-state index >= 15 is 0 Å². The monoisotopic (exact) mass is 530 g/mol. The molecule has 0 saturated carbocycles. The Balaban J connectivity index is 1.33. The normalized spacial score (nSPS) is 12.4. The number of carbonyl (C=O) groups excluding carboxylic acids is 2. The fourth-order valence-corrected chi connectivity index (χ4v) is 4.01. The molecule has 36 heavy (non-hydrogen) atoms. The third-order valence-electron chi connectivity index (χ3n) is 5.29. The van der Waals surface area contributed by atoms with Gasteiger partial charge in [-0.15, -0.1) is 0 Å². The van der Waals surface area contributed by atoms with Crippen molar-refractivity contribution in [1.82, 2.24) is 0 Å². The lowest BCUT2D eigenvalue weighted by molar-refractivity contribution is -0.121. The summed E-state index contributed by atoms with van der Waals surface area (Å²) in [6.45, 7) is 0.558. The molecule has 4 rings (SSSR count). The molecule has 1 aliphatic heterocycles. The number of benzene rings is 3. The molecule has 0 spiro atoms. The Kier molecular flexibility index (Phi) is 8.40. The Morgan fingerprint density at radius 1 is 1.03 bits per heavy atom. The summed E-state index contributed by atoms with van der Waals surface area (Å²) < 4.78 is 21.9. The first kappa shape index (κ1) is 25.5. The maximum Gasteiger partial charge on any atom is 0.265 e. The van der Waals surface area contributed by atoms with Crippen LogP contribution in [0.5, 0.6) is 23.0 Å². The largest absolute Gasteiger partial charge is 0.497 e. The van der Waals surface area contributed by atoms with Gasteiger partial charge in [-0.2, -0.15) is 0 Å². The van der Waals surface area contributed by atoms with E-state index in [1.807, 2.05) is 24.3 Å². The summed E-state index contributed by atoms with van der Waals surface area (Å²) in [5.74, 6) is 1.83. The summed E-state index contributed by atoms with van der Waals surface area (Å²) in [6, 6.07) is 17.2. The van der Waals surface area contributed by atoms with E-state index in [9.17, 15) is 9.59 Å². The quantitative estimate of drug-likeness (QED) is 0.362. The second-order valence-electron chi connectivity index (χ2n) is 7.81. The predicted molar refractivity (Wildman–Crippen MR) is 138 cm³/mol. The fourth-order valence-electron chi connectivity index (χ4n) is 3.54. The molecule has 10 heteroatoms. The average Bonchev–Trinajstić information content (AvgIpc) is 2.87. The van der Waals surface area contributed by atoms with Crippen LogP contribution in [0.1, 0.15) is 6.42 Å². The van der Waals surface area contributed by atoms with Gasteiger partial charge < -0.3 is 29.2 Å². The van der Waals surface area contributed by atoms with E-state index < -0.39 is 0 Å². The van der Waals surface area contributed by atoms with Crippen LogP contribution in [0.4, 0.5) is 11.4 Å². The highest BCUT2D eigenvalue weighted by Crippen LogP contribution is 2.35. The molecule has 0 aliphatic carbocycles. The third kappa shape index (κ3) is 6.53. The number of rotatable bonds is 10. The number of nitrogens with one attached hydrogen (secondary N) is 1. The number of fused-ring (bicyclic) bond motifs is 1. The highest BCUT2D eigenvalue weighted by atomic mass is 35.5. The van der Waals surface area contributed by atoms with Gasteiger partial charge in [0.25, 0.3) is 11.8 Å². The minimum atomic E-state index is -0.386. The molecule has 0 atom stereocenters. The number of hydrogen-bond donors (Lipinski definition) is 1. The van der Waals surface area contributed by atoms with Crippen LogP contribution in [0.15, 0.2) is 60.7 Å². The van der Waals surface area contributed by atoms with Crippen molar-refractivity contribution < 1.29 is 28.5 Å². The van der Waals surface area contributed by atoms with Crippen molar-refractivity contribution in [3.63, 3.8) is 0 Å². The first-order chi connectivity index (χ1) is 17.4. The van der Waals surface area contributed by atoms with E-state index in [1.54, 1.807) is 42.3 Å². The van der Waals surface area contributed by atoms with Crippen LogP contribution in [-0.2, 0) is 9.59 Å². The van der Waals surface area contributed by atoms with E-state index in [-0.39, 0.29) is 25.0 Å². The molecule has 1 aliphatic rings. The van der Waals surface area contributed by atoms with Crippen molar-refractivity contribution >= 4 is 46.4 Å². The Morgan fingerprint density at radius 3 is 2.56 bits per heavy atom. The Morgan fingerprint density at radius 2 is 1.81 bits per heavy atom. The number of anilines is 2. The molecule has 8 nitrogen and oxygen atoms in total. The number of carbonyl (C=O) groups is 2. The van der Waals surface area contributed by atoms with E-state index in [0.717, 1.165) is 11.5 Å². The number of halogens is 2. The van der Waals surface area contributed by atoms with Crippen molar-refractivity contribution in [3.05, 3.63) is 70.7 Å². The zero-order valence-corrected chi connectivity index (χ0v) is 21.0. The smallest absolute Gasteiger partial charge is 0.265 e. The van der Waals surface area contributed by atoms with E-state index in [2.05, 4.69) is 5.32 Å². The number of ether oxygens (including phenoxy) is 4. The van der Waals surface area contributed by atoms with Crippen molar-refractivity contribution in [2.45, 2.75) is 6.42 Å². The molecule has 0 radical (unpaired) electrons. The molecule has 3 aromatic rings. The molecule has 1 heterocycles. The Bertz CT molecular complexity index is 1240. The molecule has 0 aromatic heterocycles. The summed E-state index contributed by atoms with van der Waals surface area (Å²) >= 11 is 12.0.